The number of rotatable bonds is 2. The van der Waals surface area contributed by atoms with Gasteiger partial charge in [0.15, 0.2) is 0 Å². The van der Waals surface area contributed by atoms with Gasteiger partial charge >= 0.3 is 0 Å². The van der Waals surface area contributed by atoms with Crippen LogP contribution >= 0.6 is 0 Å². The summed E-state index contributed by atoms with van der Waals surface area (Å²) in [6.07, 6.45) is 9.59. The van der Waals surface area contributed by atoms with E-state index in [1.165, 1.54) is 6.42 Å². The van der Waals surface area contributed by atoms with Crippen LogP contribution in [0.25, 0.3) is 0 Å². The van der Waals surface area contributed by atoms with E-state index in [0.717, 1.165) is 31.4 Å². The van der Waals surface area contributed by atoms with E-state index in [1.807, 2.05) is 17.0 Å². The first-order chi connectivity index (χ1) is 9.86. The predicted octanol–water partition coefficient (Wildman–Crippen LogP) is 2.56. The number of hydrogen-bond donors (Lipinski definition) is 1. The van der Waals surface area contributed by atoms with Gasteiger partial charge in [-0.2, -0.15) is 5.10 Å². The molecule has 1 amide bonds. The summed E-state index contributed by atoms with van der Waals surface area (Å²) in [5.41, 5.74) is 1.72. The van der Waals surface area contributed by atoms with E-state index >= 15 is 0 Å². The van der Waals surface area contributed by atoms with Crippen molar-refractivity contribution in [3.05, 3.63) is 48.0 Å². The first-order valence-electron chi connectivity index (χ1n) is 7.06. The number of pyridine rings is 1. The monoisotopic (exact) mass is 270 g/mol. The van der Waals surface area contributed by atoms with Crippen molar-refractivity contribution < 1.29 is 4.79 Å². The molecule has 20 heavy (non-hydrogen) atoms. The molecule has 1 atom stereocenters. The fraction of sp³-hybridized carbons (Fsp3) is 0.400. The van der Waals surface area contributed by atoms with Crippen LogP contribution in [0.3, 0.4) is 0 Å². The van der Waals surface area contributed by atoms with Crippen molar-refractivity contribution in [3.63, 3.8) is 0 Å². The molecule has 5 heteroatoms. The number of carbonyl (C=O) groups excluding carboxylic acids is 1. The minimum Gasteiger partial charge on any atom is -0.330 e. The molecule has 0 radical (unpaired) electrons. The zero-order valence-electron chi connectivity index (χ0n) is 11.3. The minimum atomic E-state index is 0.0335. The van der Waals surface area contributed by atoms with Gasteiger partial charge in [-0.05, 0) is 36.6 Å². The standard InChI is InChI=1S/C15H18N4O/c20-15(13-7-10-17-18-13)19-11-3-1-2-4-14(19)12-5-8-16-9-6-12/h5-10,14H,1-4,11H2,(H,17,18). The third kappa shape index (κ3) is 2.57. The summed E-state index contributed by atoms with van der Waals surface area (Å²) in [6.45, 7) is 0.796. The molecule has 1 fully saturated rings. The molecule has 0 spiro atoms. The quantitative estimate of drug-likeness (QED) is 0.912. The van der Waals surface area contributed by atoms with Crippen LogP contribution in [0.2, 0.25) is 0 Å². The van der Waals surface area contributed by atoms with E-state index in [9.17, 15) is 4.79 Å². The summed E-state index contributed by atoms with van der Waals surface area (Å²) in [5.74, 6) is 0.0335. The van der Waals surface area contributed by atoms with Crippen LogP contribution in [0.1, 0.15) is 47.8 Å². The molecule has 2 aromatic heterocycles. The number of carbonyl (C=O) groups is 1. The van der Waals surface area contributed by atoms with E-state index in [0.29, 0.717) is 5.69 Å². The molecule has 0 saturated carbocycles. The first-order valence-corrected chi connectivity index (χ1v) is 7.06. The summed E-state index contributed by atoms with van der Waals surface area (Å²) in [4.78, 5) is 18.7. The van der Waals surface area contributed by atoms with Crippen molar-refractivity contribution >= 4 is 5.91 Å². The Labute approximate surface area is 118 Å². The van der Waals surface area contributed by atoms with Crippen LogP contribution in [-0.2, 0) is 0 Å². The Hall–Kier alpha value is -2.17. The average molecular weight is 270 g/mol. The summed E-state index contributed by atoms with van der Waals surface area (Å²) in [7, 11) is 0. The van der Waals surface area contributed by atoms with E-state index in [4.69, 9.17) is 0 Å². The van der Waals surface area contributed by atoms with E-state index in [1.54, 1.807) is 24.7 Å². The lowest BCUT2D eigenvalue weighted by Gasteiger charge is -2.30. The lowest BCUT2D eigenvalue weighted by molar-refractivity contribution is 0.0674. The van der Waals surface area contributed by atoms with Crippen molar-refractivity contribution in [3.8, 4) is 0 Å². The second-order valence-electron chi connectivity index (χ2n) is 5.11. The summed E-state index contributed by atoms with van der Waals surface area (Å²) in [5, 5.41) is 6.65. The van der Waals surface area contributed by atoms with Crippen LogP contribution in [0.15, 0.2) is 36.8 Å². The van der Waals surface area contributed by atoms with Crippen LogP contribution in [0.4, 0.5) is 0 Å². The normalized spacial score (nSPS) is 19.6. The number of nitrogens with zero attached hydrogens (tertiary/aromatic N) is 3. The highest BCUT2D eigenvalue weighted by Gasteiger charge is 2.28. The molecule has 0 bridgehead atoms. The second-order valence-corrected chi connectivity index (χ2v) is 5.11. The lowest BCUT2D eigenvalue weighted by atomic mass is 10.0. The Morgan fingerprint density at radius 3 is 2.75 bits per heavy atom. The molecule has 0 aliphatic carbocycles. The number of aromatic amines is 1. The van der Waals surface area contributed by atoms with Gasteiger partial charge in [-0.1, -0.05) is 12.8 Å². The van der Waals surface area contributed by atoms with Crippen molar-refractivity contribution in [2.45, 2.75) is 31.7 Å². The van der Waals surface area contributed by atoms with Gasteiger partial charge in [0.1, 0.15) is 5.69 Å². The third-order valence-electron chi connectivity index (χ3n) is 3.84. The van der Waals surface area contributed by atoms with Gasteiger partial charge in [-0.3, -0.25) is 14.9 Å². The molecule has 1 N–H and O–H groups in total. The molecule has 2 aromatic rings. The molecule has 104 valence electrons. The first kappa shape index (κ1) is 12.8. The Bertz CT molecular complexity index is 553. The molecule has 1 aliphatic heterocycles. The second kappa shape index (κ2) is 5.86. The van der Waals surface area contributed by atoms with Gasteiger partial charge in [0, 0.05) is 25.1 Å². The molecule has 3 rings (SSSR count). The van der Waals surface area contributed by atoms with Crippen molar-refractivity contribution in [2.75, 3.05) is 6.54 Å². The molecule has 1 saturated heterocycles. The van der Waals surface area contributed by atoms with Gasteiger partial charge < -0.3 is 4.90 Å². The minimum absolute atomic E-state index is 0.0335. The van der Waals surface area contributed by atoms with E-state index in [-0.39, 0.29) is 11.9 Å². The van der Waals surface area contributed by atoms with Crippen molar-refractivity contribution in [1.29, 1.82) is 0 Å². The maximum Gasteiger partial charge on any atom is 0.272 e. The average Bonchev–Trinajstić information content (AvgIpc) is 2.92. The number of aromatic nitrogens is 3. The van der Waals surface area contributed by atoms with Crippen molar-refractivity contribution in [1.82, 2.24) is 20.1 Å². The maximum atomic E-state index is 12.6. The SMILES string of the molecule is O=C(c1ccn[nH]1)N1CCCCCC1c1ccncc1. The van der Waals surface area contributed by atoms with E-state index < -0.39 is 0 Å². The Morgan fingerprint density at radius 1 is 1.15 bits per heavy atom. The largest absolute Gasteiger partial charge is 0.330 e. The molecular formula is C15H18N4O. The highest BCUT2D eigenvalue weighted by Crippen LogP contribution is 2.30. The smallest absolute Gasteiger partial charge is 0.272 e. The third-order valence-corrected chi connectivity index (χ3v) is 3.84. The number of likely N-dealkylation sites (tertiary alicyclic amines) is 1. The Balaban J connectivity index is 1.90. The van der Waals surface area contributed by atoms with Crippen LogP contribution in [0.5, 0.6) is 0 Å². The topological polar surface area (TPSA) is 61.9 Å². The summed E-state index contributed by atoms with van der Waals surface area (Å²) >= 11 is 0. The number of amides is 1. The van der Waals surface area contributed by atoms with E-state index in [2.05, 4.69) is 15.2 Å². The highest BCUT2D eigenvalue weighted by atomic mass is 16.2. The summed E-state index contributed by atoms with van der Waals surface area (Å²) in [6, 6.07) is 5.87. The van der Waals surface area contributed by atoms with Gasteiger partial charge in [0.2, 0.25) is 0 Å². The lowest BCUT2D eigenvalue weighted by Crippen LogP contribution is -2.35. The highest BCUT2D eigenvalue weighted by molar-refractivity contribution is 5.92. The number of hydrogen-bond acceptors (Lipinski definition) is 3. The maximum absolute atomic E-state index is 12.6. The number of nitrogens with one attached hydrogen (secondary N) is 1. The zero-order chi connectivity index (χ0) is 13.8. The van der Waals surface area contributed by atoms with Crippen LogP contribution in [-0.4, -0.2) is 32.5 Å². The van der Waals surface area contributed by atoms with Gasteiger partial charge in [-0.15, -0.1) is 0 Å². The molecule has 5 nitrogen and oxygen atoms in total. The van der Waals surface area contributed by atoms with Crippen LogP contribution in [0, 0.1) is 0 Å². The molecule has 3 heterocycles. The van der Waals surface area contributed by atoms with Gasteiger partial charge in [0.05, 0.1) is 6.04 Å². The van der Waals surface area contributed by atoms with Crippen molar-refractivity contribution in [2.24, 2.45) is 0 Å². The zero-order valence-corrected chi connectivity index (χ0v) is 11.3. The molecule has 1 aliphatic rings. The number of H-pyrrole nitrogens is 1. The summed E-state index contributed by atoms with van der Waals surface area (Å²) < 4.78 is 0. The Morgan fingerprint density at radius 2 is 2.00 bits per heavy atom. The molecular weight excluding hydrogens is 252 g/mol. The predicted molar refractivity (Wildman–Crippen MR) is 75.1 cm³/mol. The molecule has 0 aromatic carbocycles. The molecule has 1 unspecified atom stereocenters. The Kier molecular flexibility index (Phi) is 3.76. The van der Waals surface area contributed by atoms with Gasteiger partial charge in [-0.25, -0.2) is 0 Å². The fourth-order valence-electron chi connectivity index (χ4n) is 2.81. The fourth-order valence-corrected chi connectivity index (χ4v) is 2.81. The van der Waals surface area contributed by atoms with Crippen LogP contribution < -0.4 is 0 Å². The van der Waals surface area contributed by atoms with Gasteiger partial charge in [0.25, 0.3) is 5.91 Å².